The summed E-state index contributed by atoms with van der Waals surface area (Å²) < 4.78 is 0. The summed E-state index contributed by atoms with van der Waals surface area (Å²) >= 11 is 0. The minimum atomic E-state index is -0.103. The van der Waals surface area contributed by atoms with Crippen molar-refractivity contribution in [3.8, 4) is 0 Å². The van der Waals surface area contributed by atoms with Crippen molar-refractivity contribution in [2.75, 3.05) is 31.6 Å². The average Bonchev–Trinajstić information content (AvgIpc) is 3.09. The normalized spacial score (nSPS) is 20.3. The van der Waals surface area contributed by atoms with E-state index < -0.39 is 0 Å². The minimum absolute atomic E-state index is 0.103. The molecule has 1 aliphatic carbocycles. The van der Waals surface area contributed by atoms with Gasteiger partial charge in [0.2, 0.25) is 0 Å². The van der Waals surface area contributed by atoms with Crippen LogP contribution in [0, 0.1) is 0 Å². The predicted octanol–water partition coefficient (Wildman–Crippen LogP) is 2.92. The van der Waals surface area contributed by atoms with Gasteiger partial charge in [-0.1, -0.05) is 12.1 Å². The fourth-order valence-corrected chi connectivity index (χ4v) is 4.10. The first-order chi connectivity index (χ1) is 12.3. The first-order valence-electron chi connectivity index (χ1n) is 9.78. The summed E-state index contributed by atoms with van der Waals surface area (Å²) in [6.45, 7) is 3.07. The summed E-state index contributed by atoms with van der Waals surface area (Å²) in [5.74, 6) is 0. The summed E-state index contributed by atoms with van der Waals surface area (Å²) in [6.07, 6.45) is 8.96. The van der Waals surface area contributed by atoms with Crippen LogP contribution in [0.4, 0.5) is 10.5 Å². The highest BCUT2D eigenvalue weighted by Crippen LogP contribution is 2.27. The summed E-state index contributed by atoms with van der Waals surface area (Å²) in [4.78, 5) is 14.5. The van der Waals surface area contributed by atoms with E-state index in [1.54, 1.807) is 0 Å². The Labute approximate surface area is 150 Å². The van der Waals surface area contributed by atoms with Gasteiger partial charge in [0.25, 0.3) is 0 Å². The number of nitrogens with zero attached hydrogens (tertiary/aromatic N) is 1. The van der Waals surface area contributed by atoms with Gasteiger partial charge in [-0.3, -0.25) is 4.90 Å². The molecule has 1 fully saturated rings. The molecule has 0 spiro atoms. The standard InChI is InChI=1S/C20H31N3O2/c24-15-17-9-6-14-23(17)13-4-3-12-21-20(25)22-19-11-5-8-16-7-1-2-10-18(16)19/h5,8,11,17,24H,1-4,6-7,9-10,12-15H2,(H2,21,22,25). The number of aryl methyl sites for hydroxylation is 1. The van der Waals surface area contributed by atoms with Crippen LogP contribution >= 0.6 is 0 Å². The summed E-state index contributed by atoms with van der Waals surface area (Å²) in [5.41, 5.74) is 3.67. The monoisotopic (exact) mass is 345 g/mol. The van der Waals surface area contributed by atoms with Crippen LogP contribution in [0.2, 0.25) is 0 Å². The van der Waals surface area contributed by atoms with Crippen molar-refractivity contribution < 1.29 is 9.90 Å². The van der Waals surface area contributed by atoms with Gasteiger partial charge in [0, 0.05) is 18.3 Å². The lowest BCUT2D eigenvalue weighted by Gasteiger charge is -2.22. The van der Waals surface area contributed by atoms with Crippen LogP contribution in [-0.2, 0) is 12.8 Å². The molecule has 0 saturated carbocycles. The second-order valence-electron chi connectivity index (χ2n) is 7.25. The van der Waals surface area contributed by atoms with Crippen LogP contribution in [0.15, 0.2) is 18.2 Å². The average molecular weight is 345 g/mol. The molecule has 2 aliphatic rings. The quantitative estimate of drug-likeness (QED) is 0.666. The van der Waals surface area contributed by atoms with E-state index in [4.69, 9.17) is 0 Å². The van der Waals surface area contributed by atoms with Crippen molar-refractivity contribution in [3.05, 3.63) is 29.3 Å². The number of nitrogens with one attached hydrogen (secondary N) is 2. The maximum Gasteiger partial charge on any atom is 0.319 e. The maximum atomic E-state index is 12.2. The minimum Gasteiger partial charge on any atom is -0.395 e. The Morgan fingerprint density at radius 2 is 2.08 bits per heavy atom. The van der Waals surface area contributed by atoms with Gasteiger partial charge in [-0.2, -0.15) is 0 Å². The molecular formula is C20H31N3O2. The zero-order valence-corrected chi connectivity index (χ0v) is 15.1. The number of hydrogen-bond donors (Lipinski definition) is 3. The molecule has 1 aromatic rings. The van der Waals surface area contributed by atoms with Gasteiger partial charge in [-0.25, -0.2) is 4.79 Å². The van der Waals surface area contributed by atoms with Gasteiger partial charge in [-0.05, 0) is 81.6 Å². The Bertz CT molecular complexity index is 576. The molecule has 3 rings (SSSR count). The van der Waals surface area contributed by atoms with Gasteiger partial charge in [0.05, 0.1) is 6.61 Å². The highest BCUT2D eigenvalue weighted by Gasteiger charge is 2.22. The van der Waals surface area contributed by atoms with Crippen molar-refractivity contribution in [2.24, 2.45) is 0 Å². The Morgan fingerprint density at radius 1 is 1.20 bits per heavy atom. The second kappa shape index (κ2) is 9.20. The molecule has 0 aromatic heterocycles. The third-order valence-corrected chi connectivity index (χ3v) is 5.51. The number of fused-ring (bicyclic) bond motifs is 1. The fraction of sp³-hybridized carbons (Fsp3) is 0.650. The summed E-state index contributed by atoms with van der Waals surface area (Å²) in [5, 5.41) is 15.3. The van der Waals surface area contributed by atoms with Crippen LogP contribution in [-0.4, -0.2) is 48.3 Å². The molecule has 0 bridgehead atoms. The fourth-order valence-electron chi connectivity index (χ4n) is 4.10. The molecule has 0 radical (unpaired) electrons. The van der Waals surface area contributed by atoms with E-state index in [1.807, 2.05) is 12.1 Å². The molecule has 3 N–H and O–H groups in total. The molecular weight excluding hydrogens is 314 g/mol. The highest BCUT2D eigenvalue weighted by atomic mass is 16.3. The number of likely N-dealkylation sites (tertiary alicyclic amines) is 1. The Kier molecular flexibility index (Phi) is 6.70. The SMILES string of the molecule is O=C(NCCCCN1CCCC1CO)Nc1cccc2c1CCCC2. The van der Waals surface area contributed by atoms with Crippen molar-refractivity contribution in [3.63, 3.8) is 0 Å². The maximum absolute atomic E-state index is 12.2. The zero-order chi connectivity index (χ0) is 17.5. The van der Waals surface area contributed by atoms with Crippen molar-refractivity contribution in [2.45, 2.75) is 57.4 Å². The molecule has 138 valence electrons. The predicted molar refractivity (Wildman–Crippen MR) is 101 cm³/mol. The molecule has 5 heteroatoms. The highest BCUT2D eigenvalue weighted by molar-refractivity contribution is 5.90. The lowest BCUT2D eigenvalue weighted by Crippen LogP contribution is -2.34. The van der Waals surface area contributed by atoms with Crippen LogP contribution in [0.25, 0.3) is 0 Å². The first-order valence-corrected chi connectivity index (χ1v) is 9.78. The lowest BCUT2D eigenvalue weighted by molar-refractivity contribution is 0.157. The molecule has 1 aliphatic heterocycles. The van der Waals surface area contributed by atoms with Gasteiger partial charge in [0.1, 0.15) is 0 Å². The molecule has 2 amide bonds. The lowest BCUT2D eigenvalue weighted by atomic mass is 9.90. The Balaban J connectivity index is 1.36. The van der Waals surface area contributed by atoms with Gasteiger partial charge >= 0.3 is 6.03 Å². The van der Waals surface area contributed by atoms with E-state index in [2.05, 4.69) is 21.6 Å². The first kappa shape index (κ1) is 18.2. The number of hydrogen-bond acceptors (Lipinski definition) is 3. The number of carbonyl (C=O) groups is 1. The summed E-state index contributed by atoms with van der Waals surface area (Å²) in [6, 6.07) is 6.46. The van der Waals surface area contributed by atoms with Crippen LogP contribution in [0.3, 0.4) is 0 Å². The largest absolute Gasteiger partial charge is 0.395 e. The molecule has 5 nitrogen and oxygen atoms in total. The number of anilines is 1. The van der Waals surface area contributed by atoms with Crippen molar-refractivity contribution in [1.82, 2.24) is 10.2 Å². The van der Waals surface area contributed by atoms with E-state index in [0.717, 1.165) is 50.9 Å². The van der Waals surface area contributed by atoms with E-state index >= 15 is 0 Å². The Morgan fingerprint density at radius 3 is 2.96 bits per heavy atom. The molecule has 1 unspecified atom stereocenters. The molecule has 1 saturated heterocycles. The molecule has 1 heterocycles. The van der Waals surface area contributed by atoms with E-state index in [1.165, 1.54) is 30.4 Å². The number of aliphatic hydroxyl groups is 1. The summed E-state index contributed by atoms with van der Waals surface area (Å²) in [7, 11) is 0. The molecule has 1 aromatic carbocycles. The third-order valence-electron chi connectivity index (χ3n) is 5.51. The molecule has 25 heavy (non-hydrogen) atoms. The number of amides is 2. The smallest absolute Gasteiger partial charge is 0.319 e. The van der Waals surface area contributed by atoms with E-state index in [-0.39, 0.29) is 12.6 Å². The van der Waals surface area contributed by atoms with Crippen LogP contribution < -0.4 is 10.6 Å². The van der Waals surface area contributed by atoms with Crippen LogP contribution in [0.1, 0.15) is 49.7 Å². The second-order valence-corrected chi connectivity index (χ2v) is 7.25. The number of urea groups is 1. The topological polar surface area (TPSA) is 64.6 Å². The van der Waals surface area contributed by atoms with Crippen molar-refractivity contribution >= 4 is 11.7 Å². The van der Waals surface area contributed by atoms with E-state index in [9.17, 15) is 9.90 Å². The van der Waals surface area contributed by atoms with Gasteiger partial charge < -0.3 is 15.7 Å². The number of carbonyl (C=O) groups excluding carboxylic acids is 1. The van der Waals surface area contributed by atoms with Crippen molar-refractivity contribution in [1.29, 1.82) is 0 Å². The third kappa shape index (κ3) is 4.95. The number of unbranched alkanes of at least 4 members (excludes halogenated alkanes) is 1. The Hall–Kier alpha value is -1.59. The number of benzene rings is 1. The zero-order valence-electron chi connectivity index (χ0n) is 15.1. The van der Waals surface area contributed by atoms with Gasteiger partial charge in [-0.15, -0.1) is 0 Å². The molecule has 1 atom stereocenters. The van der Waals surface area contributed by atoms with Crippen LogP contribution in [0.5, 0.6) is 0 Å². The number of rotatable bonds is 7. The van der Waals surface area contributed by atoms with Gasteiger partial charge in [0.15, 0.2) is 0 Å². The van der Waals surface area contributed by atoms with E-state index in [0.29, 0.717) is 12.6 Å². The number of aliphatic hydroxyl groups excluding tert-OH is 1.